The van der Waals surface area contributed by atoms with Crippen LogP contribution in [0, 0.1) is 0 Å². The number of nitrogens with zero attached hydrogens (tertiary/aromatic N) is 2. The summed E-state index contributed by atoms with van der Waals surface area (Å²) in [5, 5.41) is 7.65. The van der Waals surface area contributed by atoms with Crippen LogP contribution in [-0.2, 0) is 13.0 Å². The molecule has 3 heteroatoms. The molecule has 0 aromatic carbocycles. The molecule has 0 spiro atoms. The van der Waals surface area contributed by atoms with Gasteiger partial charge in [-0.1, -0.05) is 13.8 Å². The summed E-state index contributed by atoms with van der Waals surface area (Å²) in [4.78, 5) is 0. The molecule has 0 fully saturated rings. The van der Waals surface area contributed by atoms with E-state index in [-0.39, 0.29) is 0 Å². The highest BCUT2D eigenvalue weighted by atomic mass is 15.3. The van der Waals surface area contributed by atoms with E-state index in [1.807, 2.05) is 10.9 Å². The molecule has 80 valence electrons. The molecular weight excluding hydrogens is 174 g/mol. The lowest BCUT2D eigenvalue weighted by Gasteiger charge is -2.06. The zero-order valence-electron chi connectivity index (χ0n) is 9.45. The summed E-state index contributed by atoms with van der Waals surface area (Å²) in [7, 11) is 0. The van der Waals surface area contributed by atoms with Crippen LogP contribution in [0.25, 0.3) is 0 Å². The summed E-state index contributed by atoms with van der Waals surface area (Å²) in [5.74, 6) is 0. The van der Waals surface area contributed by atoms with E-state index in [1.54, 1.807) is 0 Å². The Labute approximate surface area is 86.5 Å². The molecule has 0 unspecified atom stereocenters. The summed E-state index contributed by atoms with van der Waals surface area (Å²) in [6, 6.07) is 0.591. The third-order valence-corrected chi connectivity index (χ3v) is 2.21. The zero-order chi connectivity index (χ0) is 10.4. The van der Waals surface area contributed by atoms with Crippen LogP contribution in [0.1, 0.15) is 32.8 Å². The number of aromatic nitrogens is 2. The second-order valence-electron chi connectivity index (χ2n) is 3.92. The summed E-state index contributed by atoms with van der Waals surface area (Å²) in [5.41, 5.74) is 1.34. The molecule has 3 nitrogen and oxygen atoms in total. The van der Waals surface area contributed by atoms with E-state index in [9.17, 15) is 0 Å². The van der Waals surface area contributed by atoms with Gasteiger partial charge in [-0.25, -0.2) is 0 Å². The highest BCUT2D eigenvalue weighted by Gasteiger charge is 1.97. The van der Waals surface area contributed by atoms with Crippen LogP contribution in [0.15, 0.2) is 12.4 Å². The van der Waals surface area contributed by atoms with Crippen LogP contribution >= 0.6 is 0 Å². The Balaban J connectivity index is 2.18. The Morgan fingerprint density at radius 2 is 2.29 bits per heavy atom. The largest absolute Gasteiger partial charge is 0.315 e. The summed E-state index contributed by atoms with van der Waals surface area (Å²) >= 11 is 0. The maximum atomic E-state index is 4.24. The minimum absolute atomic E-state index is 0.591. The first-order chi connectivity index (χ1) is 6.72. The molecule has 0 bridgehead atoms. The second kappa shape index (κ2) is 5.81. The standard InChI is InChI=1S/C11H21N3/c1-4-14-9-11(8-13-14)6-5-7-12-10(2)3/h8-10,12H,4-7H2,1-3H3. The van der Waals surface area contributed by atoms with Gasteiger partial charge in [-0.15, -0.1) is 0 Å². The van der Waals surface area contributed by atoms with E-state index >= 15 is 0 Å². The lowest BCUT2D eigenvalue weighted by molar-refractivity contribution is 0.570. The van der Waals surface area contributed by atoms with Gasteiger partial charge < -0.3 is 5.32 Å². The van der Waals surface area contributed by atoms with Crippen molar-refractivity contribution in [1.29, 1.82) is 0 Å². The van der Waals surface area contributed by atoms with E-state index in [0.29, 0.717) is 6.04 Å². The van der Waals surface area contributed by atoms with Crippen molar-refractivity contribution in [2.45, 2.75) is 46.2 Å². The first kappa shape index (κ1) is 11.2. The van der Waals surface area contributed by atoms with E-state index < -0.39 is 0 Å². The van der Waals surface area contributed by atoms with E-state index in [0.717, 1.165) is 19.5 Å². The molecule has 0 atom stereocenters. The Morgan fingerprint density at radius 1 is 1.50 bits per heavy atom. The van der Waals surface area contributed by atoms with Crippen molar-refractivity contribution in [2.24, 2.45) is 0 Å². The molecule has 14 heavy (non-hydrogen) atoms. The van der Waals surface area contributed by atoms with Crippen LogP contribution in [0.3, 0.4) is 0 Å². The molecule has 1 N–H and O–H groups in total. The first-order valence-corrected chi connectivity index (χ1v) is 5.47. The first-order valence-electron chi connectivity index (χ1n) is 5.47. The zero-order valence-corrected chi connectivity index (χ0v) is 9.45. The van der Waals surface area contributed by atoms with Crippen LogP contribution in [0.4, 0.5) is 0 Å². The highest BCUT2D eigenvalue weighted by molar-refractivity contribution is 5.03. The summed E-state index contributed by atoms with van der Waals surface area (Å²) in [6.45, 7) is 8.51. The molecule has 1 aromatic rings. The van der Waals surface area contributed by atoms with Gasteiger partial charge in [0.1, 0.15) is 0 Å². The van der Waals surface area contributed by atoms with Crippen molar-refractivity contribution >= 4 is 0 Å². The Morgan fingerprint density at radius 3 is 2.86 bits per heavy atom. The van der Waals surface area contributed by atoms with Crippen molar-refractivity contribution in [3.63, 3.8) is 0 Å². The number of rotatable bonds is 6. The molecule has 0 amide bonds. The average Bonchev–Trinajstić information content (AvgIpc) is 2.60. The Hall–Kier alpha value is -0.830. The van der Waals surface area contributed by atoms with Crippen LogP contribution in [-0.4, -0.2) is 22.4 Å². The Bertz CT molecular complexity index is 253. The van der Waals surface area contributed by atoms with Crippen molar-refractivity contribution < 1.29 is 0 Å². The fourth-order valence-corrected chi connectivity index (χ4v) is 1.39. The van der Waals surface area contributed by atoms with Crippen molar-refractivity contribution in [3.8, 4) is 0 Å². The van der Waals surface area contributed by atoms with Crippen LogP contribution in [0.5, 0.6) is 0 Å². The quantitative estimate of drug-likeness (QED) is 0.702. The maximum Gasteiger partial charge on any atom is 0.0521 e. The third kappa shape index (κ3) is 3.92. The summed E-state index contributed by atoms with van der Waals surface area (Å²) < 4.78 is 1.98. The van der Waals surface area contributed by atoms with Crippen LogP contribution in [0.2, 0.25) is 0 Å². The van der Waals surface area contributed by atoms with Gasteiger partial charge in [-0.2, -0.15) is 5.10 Å². The molecule has 1 heterocycles. The van der Waals surface area contributed by atoms with Gasteiger partial charge in [0.2, 0.25) is 0 Å². The van der Waals surface area contributed by atoms with E-state index in [2.05, 4.69) is 37.4 Å². The minimum atomic E-state index is 0.591. The highest BCUT2D eigenvalue weighted by Crippen LogP contribution is 2.01. The predicted octanol–water partition coefficient (Wildman–Crippen LogP) is 1.83. The normalized spacial score (nSPS) is 11.1. The van der Waals surface area contributed by atoms with Gasteiger partial charge >= 0.3 is 0 Å². The van der Waals surface area contributed by atoms with Gasteiger partial charge in [0.25, 0.3) is 0 Å². The number of hydrogen-bond donors (Lipinski definition) is 1. The topological polar surface area (TPSA) is 29.9 Å². The predicted molar refractivity (Wildman–Crippen MR) is 59.4 cm³/mol. The maximum absolute atomic E-state index is 4.24. The number of hydrogen-bond acceptors (Lipinski definition) is 2. The number of aryl methyl sites for hydroxylation is 2. The van der Waals surface area contributed by atoms with Crippen LogP contribution < -0.4 is 5.32 Å². The molecular formula is C11H21N3. The molecule has 1 rings (SSSR count). The van der Waals surface area contributed by atoms with Crippen molar-refractivity contribution in [2.75, 3.05) is 6.54 Å². The summed E-state index contributed by atoms with van der Waals surface area (Å²) in [6.07, 6.45) is 6.42. The van der Waals surface area contributed by atoms with Crippen molar-refractivity contribution in [1.82, 2.24) is 15.1 Å². The van der Waals surface area contributed by atoms with E-state index in [4.69, 9.17) is 0 Å². The monoisotopic (exact) mass is 195 g/mol. The van der Waals surface area contributed by atoms with Gasteiger partial charge in [0.15, 0.2) is 0 Å². The fraction of sp³-hybridized carbons (Fsp3) is 0.727. The lowest BCUT2D eigenvalue weighted by Crippen LogP contribution is -2.23. The molecule has 0 aliphatic heterocycles. The Kier molecular flexibility index (Phi) is 4.66. The van der Waals surface area contributed by atoms with Gasteiger partial charge in [-0.3, -0.25) is 4.68 Å². The molecule has 0 aliphatic carbocycles. The fourth-order valence-electron chi connectivity index (χ4n) is 1.39. The van der Waals surface area contributed by atoms with Gasteiger partial charge in [-0.05, 0) is 31.9 Å². The SMILES string of the molecule is CCn1cc(CCCNC(C)C)cn1. The lowest BCUT2D eigenvalue weighted by atomic mass is 10.2. The smallest absolute Gasteiger partial charge is 0.0521 e. The average molecular weight is 195 g/mol. The third-order valence-electron chi connectivity index (χ3n) is 2.21. The molecule has 0 radical (unpaired) electrons. The molecule has 0 saturated heterocycles. The van der Waals surface area contributed by atoms with Gasteiger partial charge in [0, 0.05) is 18.8 Å². The van der Waals surface area contributed by atoms with E-state index in [1.165, 1.54) is 12.0 Å². The molecule has 1 aromatic heterocycles. The van der Waals surface area contributed by atoms with Crippen molar-refractivity contribution in [3.05, 3.63) is 18.0 Å². The van der Waals surface area contributed by atoms with Gasteiger partial charge in [0.05, 0.1) is 6.20 Å². The number of nitrogens with one attached hydrogen (secondary N) is 1. The second-order valence-corrected chi connectivity index (χ2v) is 3.92. The molecule has 0 saturated carbocycles. The molecule has 0 aliphatic rings. The minimum Gasteiger partial charge on any atom is -0.315 e.